The van der Waals surface area contributed by atoms with Crippen LogP contribution in [0.1, 0.15) is 0 Å². The summed E-state index contributed by atoms with van der Waals surface area (Å²) in [7, 11) is -3.57. The van der Waals surface area contributed by atoms with Crippen LogP contribution in [-0.4, -0.2) is 19.2 Å². The van der Waals surface area contributed by atoms with Crippen molar-refractivity contribution in [2.75, 3.05) is 10.5 Å². The van der Waals surface area contributed by atoms with E-state index in [-0.39, 0.29) is 10.7 Å². The molecule has 2 rings (SSSR count). The molecule has 4 nitrogen and oxygen atoms in total. The fourth-order valence-corrected chi connectivity index (χ4v) is 3.65. The first-order valence-corrected chi connectivity index (χ1v) is 8.20. The first-order chi connectivity index (χ1) is 8.89. The van der Waals surface area contributed by atoms with Crippen LogP contribution in [0.2, 0.25) is 0 Å². The van der Waals surface area contributed by atoms with Crippen molar-refractivity contribution in [2.24, 2.45) is 5.73 Å². The van der Waals surface area contributed by atoms with Crippen molar-refractivity contribution in [1.82, 2.24) is 0 Å². The van der Waals surface area contributed by atoms with Crippen molar-refractivity contribution < 1.29 is 8.42 Å². The summed E-state index contributed by atoms with van der Waals surface area (Å²) in [4.78, 5) is -0.0612. The summed E-state index contributed by atoms with van der Waals surface area (Å²) in [5.41, 5.74) is 5.78. The summed E-state index contributed by atoms with van der Waals surface area (Å²) in [6, 6.07) is 11.0. The normalized spacial score (nSPS) is 11.4. The molecule has 7 heteroatoms. The maximum absolute atomic E-state index is 11.8. The van der Waals surface area contributed by atoms with Gasteiger partial charge < -0.3 is 5.73 Å². The van der Waals surface area contributed by atoms with Crippen molar-refractivity contribution in [2.45, 2.75) is 0 Å². The molecule has 0 unspecified atom stereocenters. The van der Waals surface area contributed by atoms with Crippen LogP contribution < -0.4 is 10.5 Å². The number of thiocarbonyl (C=S) groups is 1. The number of hydrogen-bond acceptors (Lipinski definition) is 3. The Morgan fingerprint density at radius 3 is 2.47 bits per heavy atom. The van der Waals surface area contributed by atoms with Crippen LogP contribution >= 0.6 is 28.1 Å². The number of halogens is 1. The molecule has 0 spiro atoms. The molecule has 0 saturated heterocycles. The molecule has 0 bridgehead atoms. The van der Waals surface area contributed by atoms with Gasteiger partial charge in [0.1, 0.15) is 5.75 Å². The van der Waals surface area contributed by atoms with Gasteiger partial charge in [-0.2, -0.15) is 0 Å². The maximum Gasteiger partial charge on any atom is 0.239 e. The zero-order valence-electron chi connectivity index (χ0n) is 9.76. The van der Waals surface area contributed by atoms with Gasteiger partial charge in [0.05, 0.1) is 10.7 Å². The van der Waals surface area contributed by atoms with Gasteiger partial charge in [-0.05, 0) is 17.5 Å². The largest absolute Gasteiger partial charge is 0.392 e. The van der Waals surface area contributed by atoms with Crippen molar-refractivity contribution in [3.63, 3.8) is 0 Å². The van der Waals surface area contributed by atoms with E-state index < -0.39 is 10.0 Å². The van der Waals surface area contributed by atoms with Crippen LogP contribution in [-0.2, 0) is 10.0 Å². The molecule has 0 aliphatic heterocycles. The number of nitrogens with two attached hydrogens (primary N) is 1. The fourth-order valence-electron chi connectivity index (χ4n) is 1.74. The smallest absolute Gasteiger partial charge is 0.239 e. The Hall–Kier alpha value is -1.18. The number of anilines is 1. The van der Waals surface area contributed by atoms with Crippen LogP contribution in [0, 0.1) is 0 Å². The predicted molar refractivity (Wildman–Crippen MR) is 85.8 cm³/mol. The van der Waals surface area contributed by atoms with E-state index in [0.717, 1.165) is 15.2 Å². The molecule has 19 heavy (non-hydrogen) atoms. The van der Waals surface area contributed by atoms with Crippen LogP contribution in [0.15, 0.2) is 40.9 Å². The van der Waals surface area contributed by atoms with Gasteiger partial charge in [-0.15, -0.1) is 0 Å². The summed E-state index contributed by atoms with van der Waals surface area (Å²) < 4.78 is 27.1. The first kappa shape index (κ1) is 14.2. The topological polar surface area (TPSA) is 72.2 Å². The van der Waals surface area contributed by atoms with Crippen LogP contribution in [0.4, 0.5) is 5.69 Å². The highest BCUT2D eigenvalue weighted by Crippen LogP contribution is 2.30. The molecule has 0 aliphatic rings. The Morgan fingerprint density at radius 2 is 1.84 bits per heavy atom. The third-order valence-corrected chi connectivity index (χ3v) is 4.71. The van der Waals surface area contributed by atoms with Gasteiger partial charge in [-0.3, -0.25) is 4.72 Å². The number of rotatable bonds is 4. The van der Waals surface area contributed by atoms with E-state index in [1.165, 1.54) is 0 Å². The molecule has 2 aromatic carbocycles. The predicted octanol–water partition coefficient (Wildman–Crippen LogP) is 2.63. The Morgan fingerprint density at radius 1 is 1.21 bits per heavy atom. The van der Waals surface area contributed by atoms with Crippen molar-refractivity contribution in [1.29, 1.82) is 0 Å². The molecule has 0 atom stereocenters. The Kier molecular flexibility index (Phi) is 4.07. The van der Waals surface area contributed by atoms with Crippen molar-refractivity contribution in [3.05, 3.63) is 40.9 Å². The van der Waals surface area contributed by atoms with E-state index in [4.69, 9.17) is 5.73 Å². The van der Waals surface area contributed by atoms with Crippen molar-refractivity contribution in [3.8, 4) is 0 Å². The van der Waals surface area contributed by atoms with Gasteiger partial charge in [0.15, 0.2) is 0 Å². The van der Waals surface area contributed by atoms with Crippen molar-refractivity contribution >= 4 is 59.6 Å². The zero-order chi connectivity index (χ0) is 14.0. The molecule has 100 valence electrons. The highest BCUT2D eigenvalue weighted by Gasteiger charge is 2.14. The second-order valence-corrected chi connectivity index (χ2v) is 7.07. The lowest BCUT2D eigenvalue weighted by atomic mass is 10.1. The summed E-state index contributed by atoms with van der Waals surface area (Å²) in [5, 5.41) is 1.74. The quantitative estimate of drug-likeness (QED) is 0.824. The monoisotopic (exact) mass is 358 g/mol. The lowest BCUT2D eigenvalue weighted by Crippen LogP contribution is -2.26. The fraction of sp³-hybridized carbons (Fsp3) is 0.0833. The van der Waals surface area contributed by atoms with Gasteiger partial charge in [-0.25, -0.2) is 8.42 Å². The SMILES string of the molecule is NC(=S)CS(=O)(=O)Nc1ccc(Br)c2ccccc12. The summed E-state index contributed by atoms with van der Waals surface area (Å²) in [5.74, 6) is -0.368. The Bertz CT molecular complexity index is 744. The molecule has 3 N–H and O–H groups in total. The van der Waals surface area contributed by atoms with Gasteiger partial charge in [0.25, 0.3) is 0 Å². The molecule has 0 aliphatic carbocycles. The van der Waals surface area contributed by atoms with Gasteiger partial charge in [-0.1, -0.05) is 52.4 Å². The number of fused-ring (bicyclic) bond motifs is 1. The third-order valence-electron chi connectivity index (χ3n) is 2.47. The van der Waals surface area contributed by atoms with Gasteiger partial charge in [0, 0.05) is 9.86 Å². The van der Waals surface area contributed by atoms with Crippen LogP contribution in [0.5, 0.6) is 0 Å². The van der Waals surface area contributed by atoms with E-state index in [0.29, 0.717) is 5.69 Å². The van der Waals surface area contributed by atoms with E-state index in [9.17, 15) is 8.42 Å². The first-order valence-electron chi connectivity index (χ1n) is 5.35. The Balaban J connectivity index is 2.47. The molecule has 0 fully saturated rings. The number of hydrogen-bond donors (Lipinski definition) is 2. The number of benzene rings is 2. The average molecular weight is 359 g/mol. The molecule has 0 radical (unpaired) electrons. The Labute approximate surface area is 125 Å². The summed E-state index contributed by atoms with van der Waals surface area (Å²) >= 11 is 8.06. The molecule has 2 aromatic rings. The lowest BCUT2D eigenvalue weighted by molar-refractivity contribution is 0.605. The third kappa shape index (κ3) is 3.43. The van der Waals surface area contributed by atoms with Gasteiger partial charge in [0.2, 0.25) is 10.0 Å². The molecule has 0 saturated carbocycles. The van der Waals surface area contributed by atoms with Gasteiger partial charge >= 0.3 is 0 Å². The van der Waals surface area contributed by atoms with E-state index in [1.54, 1.807) is 12.1 Å². The highest BCUT2D eigenvalue weighted by molar-refractivity contribution is 9.10. The second-order valence-electron chi connectivity index (χ2n) is 3.97. The van der Waals surface area contributed by atoms with E-state index in [2.05, 4.69) is 32.9 Å². The molecule has 0 amide bonds. The maximum atomic E-state index is 11.8. The average Bonchev–Trinajstić information content (AvgIpc) is 2.31. The van der Waals surface area contributed by atoms with Crippen LogP contribution in [0.3, 0.4) is 0 Å². The molecule has 0 heterocycles. The lowest BCUT2D eigenvalue weighted by Gasteiger charge is -2.11. The molecular formula is C12H11BrN2O2S2. The summed E-state index contributed by atoms with van der Waals surface area (Å²) in [6.45, 7) is 0. The van der Waals surface area contributed by atoms with Crippen LogP contribution in [0.25, 0.3) is 10.8 Å². The summed E-state index contributed by atoms with van der Waals surface area (Å²) in [6.07, 6.45) is 0. The second kappa shape index (κ2) is 5.44. The van der Waals surface area contributed by atoms with E-state index >= 15 is 0 Å². The minimum absolute atomic E-state index is 0.0612. The van der Waals surface area contributed by atoms with E-state index in [1.807, 2.05) is 24.3 Å². The minimum atomic E-state index is -3.57. The molecular weight excluding hydrogens is 348 g/mol. The minimum Gasteiger partial charge on any atom is -0.392 e. The zero-order valence-corrected chi connectivity index (χ0v) is 13.0. The standard InChI is InChI=1S/C12H11BrN2O2S2/c13-10-5-6-11(9-4-2-1-3-8(9)10)15-19(16,17)7-12(14)18/h1-6,15H,7H2,(H2,14,18). The number of nitrogens with one attached hydrogen (secondary N) is 1. The highest BCUT2D eigenvalue weighted by atomic mass is 79.9. The molecule has 0 aromatic heterocycles. The number of sulfonamides is 1.